The van der Waals surface area contributed by atoms with Crippen LogP contribution < -0.4 is 0 Å². The molecular weight excluding hydrogens is 347 g/mol. The predicted octanol–water partition coefficient (Wildman–Crippen LogP) is 6.99. The number of carboxylic acids is 1. The van der Waals surface area contributed by atoms with E-state index in [4.69, 9.17) is 5.11 Å². The van der Waals surface area contributed by atoms with Crippen LogP contribution in [0.4, 0.5) is 0 Å². The second kappa shape index (κ2) is 16.8. The summed E-state index contributed by atoms with van der Waals surface area (Å²) in [7, 11) is -3.53. The average molecular weight is 391 g/mol. The molecule has 0 saturated carbocycles. The Morgan fingerprint density at radius 1 is 0.731 bits per heavy atom. The summed E-state index contributed by atoms with van der Waals surface area (Å²) < 4.78 is 11.9. The van der Waals surface area contributed by atoms with E-state index in [1.54, 1.807) is 6.92 Å². The van der Waals surface area contributed by atoms with Crippen molar-refractivity contribution < 1.29 is 19.4 Å². The monoisotopic (exact) mass is 390 g/mol. The predicted molar refractivity (Wildman–Crippen MR) is 111 cm³/mol. The van der Waals surface area contributed by atoms with Gasteiger partial charge in [0, 0.05) is 6.16 Å². The Kier molecular flexibility index (Phi) is 16.6. The molecule has 4 nitrogen and oxygen atoms in total. The number of hydrogen-bond donors (Lipinski definition) is 2. The number of rotatable bonds is 19. The van der Waals surface area contributed by atoms with Crippen LogP contribution in [0.25, 0.3) is 0 Å². The summed E-state index contributed by atoms with van der Waals surface area (Å²) >= 11 is 0. The minimum Gasteiger partial charge on any atom is -0.481 e. The topological polar surface area (TPSA) is 74.6 Å². The molecule has 5 heteroatoms. The minimum atomic E-state index is -3.53. The van der Waals surface area contributed by atoms with Crippen LogP contribution in [0.5, 0.6) is 0 Å². The maximum Gasteiger partial charge on any atom is 0.316 e. The van der Waals surface area contributed by atoms with Crippen LogP contribution in [0.2, 0.25) is 0 Å². The summed E-state index contributed by atoms with van der Waals surface area (Å²) in [5.74, 6) is -1.12. The standard InChI is InChI=1S/C21H43O4P/c1-3-5-6-7-8-9-10-11-12-13-14-15-16-17-18-19-20(21(22)23)26(24,25)4-2/h20H,3-19H2,1-2H3,(H,22,23)(H,24,25). The summed E-state index contributed by atoms with van der Waals surface area (Å²) in [6, 6.07) is 0. The summed E-state index contributed by atoms with van der Waals surface area (Å²) in [6.07, 6.45) is 19.3. The summed E-state index contributed by atoms with van der Waals surface area (Å²) in [5, 5.41) is 9.12. The van der Waals surface area contributed by atoms with Crippen molar-refractivity contribution in [1.82, 2.24) is 0 Å². The molecule has 2 N–H and O–H groups in total. The number of carbonyl (C=O) groups is 1. The largest absolute Gasteiger partial charge is 0.481 e. The third kappa shape index (κ3) is 13.8. The van der Waals surface area contributed by atoms with Crippen molar-refractivity contribution in [2.75, 3.05) is 6.16 Å². The Labute approximate surface area is 161 Å². The molecule has 0 aliphatic heterocycles. The molecule has 0 aromatic rings. The highest BCUT2D eigenvalue weighted by Crippen LogP contribution is 2.47. The molecule has 0 aliphatic carbocycles. The van der Waals surface area contributed by atoms with Crippen LogP contribution in [-0.2, 0) is 9.36 Å². The average Bonchev–Trinajstić information content (AvgIpc) is 2.60. The zero-order valence-corrected chi connectivity index (χ0v) is 18.2. The summed E-state index contributed by atoms with van der Waals surface area (Å²) in [4.78, 5) is 20.9. The number of hydrogen-bond acceptors (Lipinski definition) is 2. The molecule has 2 atom stereocenters. The molecule has 0 heterocycles. The third-order valence-electron chi connectivity index (χ3n) is 5.31. The van der Waals surface area contributed by atoms with Gasteiger partial charge in [-0.05, 0) is 6.42 Å². The van der Waals surface area contributed by atoms with Crippen molar-refractivity contribution in [3.8, 4) is 0 Å². The quantitative estimate of drug-likeness (QED) is 0.184. The van der Waals surface area contributed by atoms with Crippen molar-refractivity contribution in [2.45, 2.75) is 122 Å². The number of unbranched alkanes of at least 4 members (excludes halogenated alkanes) is 14. The maximum atomic E-state index is 11.9. The Morgan fingerprint density at radius 3 is 1.38 bits per heavy atom. The first-order valence-electron chi connectivity index (χ1n) is 11.0. The molecule has 0 rings (SSSR count). The lowest BCUT2D eigenvalue weighted by Gasteiger charge is -2.17. The molecule has 0 fully saturated rings. The van der Waals surface area contributed by atoms with Crippen LogP contribution in [0.3, 0.4) is 0 Å². The van der Waals surface area contributed by atoms with E-state index in [9.17, 15) is 14.3 Å². The highest BCUT2D eigenvalue weighted by molar-refractivity contribution is 7.59. The van der Waals surface area contributed by atoms with E-state index in [1.807, 2.05) is 0 Å². The fourth-order valence-electron chi connectivity index (χ4n) is 3.43. The fraction of sp³-hybridized carbons (Fsp3) is 0.952. The summed E-state index contributed by atoms with van der Waals surface area (Å²) in [5.41, 5.74) is -1.07. The smallest absolute Gasteiger partial charge is 0.316 e. The highest BCUT2D eigenvalue weighted by Gasteiger charge is 2.34. The van der Waals surface area contributed by atoms with E-state index in [0.29, 0.717) is 6.42 Å². The van der Waals surface area contributed by atoms with Gasteiger partial charge in [-0.3, -0.25) is 9.36 Å². The lowest BCUT2D eigenvalue weighted by atomic mass is 10.0. The highest BCUT2D eigenvalue weighted by atomic mass is 31.2. The molecule has 0 aromatic heterocycles. The Hall–Kier alpha value is -0.340. The summed E-state index contributed by atoms with van der Waals surface area (Å²) in [6.45, 7) is 3.84. The van der Waals surface area contributed by atoms with Crippen molar-refractivity contribution in [3.05, 3.63) is 0 Å². The number of aliphatic carboxylic acids is 1. The van der Waals surface area contributed by atoms with E-state index in [-0.39, 0.29) is 6.16 Å². The van der Waals surface area contributed by atoms with Crippen LogP contribution in [0, 0.1) is 0 Å². The molecule has 0 spiro atoms. The molecule has 0 bridgehead atoms. The first kappa shape index (κ1) is 25.7. The Morgan fingerprint density at radius 2 is 1.08 bits per heavy atom. The molecule has 156 valence electrons. The molecule has 0 amide bonds. The van der Waals surface area contributed by atoms with Gasteiger partial charge < -0.3 is 10.00 Å². The Balaban J connectivity index is 3.43. The van der Waals surface area contributed by atoms with E-state index in [0.717, 1.165) is 19.3 Å². The molecule has 0 aromatic carbocycles. The first-order chi connectivity index (χ1) is 12.5. The van der Waals surface area contributed by atoms with Gasteiger partial charge in [0.05, 0.1) is 0 Å². The van der Waals surface area contributed by atoms with Gasteiger partial charge in [-0.1, -0.05) is 110 Å². The molecular formula is C21H43O4P. The first-order valence-corrected chi connectivity index (χ1v) is 12.9. The van der Waals surface area contributed by atoms with E-state index in [2.05, 4.69) is 6.92 Å². The van der Waals surface area contributed by atoms with Crippen molar-refractivity contribution in [2.24, 2.45) is 0 Å². The van der Waals surface area contributed by atoms with Crippen molar-refractivity contribution in [3.63, 3.8) is 0 Å². The third-order valence-corrected chi connectivity index (χ3v) is 7.67. The van der Waals surface area contributed by atoms with Gasteiger partial charge in [-0.15, -0.1) is 0 Å². The maximum absolute atomic E-state index is 11.9. The second-order valence-corrected chi connectivity index (χ2v) is 10.4. The van der Waals surface area contributed by atoms with Gasteiger partial charge in [0.2, 0.25) is 7.37 Å². The van der Waals surface area contributed by atoms with E-state index in [1.165, 1.54) is 77.0 Å². The minimum absolute atomic E-state index is 0.0444. The molecule has 0 saturated heterocycles. The van der Waals surface area contributed by atoms with Crippen molar-refractivity contribution in [1.29, 1.82) is 0 Å². The lowest BCUT2D eigenvalue weighted by Crippen LogP contribution is -2.21. The normalized spacial score (nSPS) is 14.9. The Bertz CT molecular complexity index is 384. The van der Waals surface area contributed by atoms with Gasteiger partial charge in [-0.25, -0.2) is 0 Å². The molecule has 2 unspecified atom stereocenters. The zero-order chi connectivity index (χ0) is 19.7. The fourth-order valence-corrected chi connectivity index (χ4v) is 4.80. The number of carboxylic acid groups (broad SMARTS) is 1. The van der Waals surface area contributed by atoms with Gasteiger partial charge in [0.15, 0.2) is 0 Å². The van der Waals surface area contributed by atoms with E-state index < -0.39 is 19.0 Å². The second-order valence-electron chi connectivity index (χ2n) is 7.66. The molecule has 0 aliphatic rings. The van der Waals surface area contributed by atoms with Crippen LogP contribution in [-0.4, -0.2) is 27.8 Å². The van der Waals surface area contributed by atoms with Gasteiger partial charge >= 0.3 is 5.97 Å². The van der Waals surface area contributed by atoms with E-state index >= 15 is 0 Å². The van der Waals surface area contributed by atoms with Crippen LogP contribution in [0.15, 0.2) is 0 Å². The van der Waals surface area contributed by atoms with Crippen LogP contribution >= 0.6 is 7.37 Å². The van der Waals surface area contributed by atoms with Crippen molar-refractivity contribution >= 4 is 13.3 Å². The molecule has 0 radical (unpaired) electrons. The van der Waals surface area contributed by atoms with Crippen LogP contribution in [0.1, 0.15) is 117 Å². The molecule has 26 heavy (non-hydrogen) atoms. The van der Waals surface area contributed by atoms with Gasteiger partial charge in [0.1, 0.15) is 5.66 Å². The van der Waals surface area contributed by atoms with Gasteiger partial charge in [0.25, 0.3) is 0 Å². The SMILES string of the molecule is CCCCCCCCCCCCCCCCCC(C(=O)O)P(=O)(O)CC. The van der Waals surface area contributed by atoms with Gasteiger partial charge in [-0.2, -0.15) is 0 Å². The zero-order valence-electron chi connectivity index (χ0n) is 17.3. The lowest BCUT2D eigenvalue weighted by molar-refractivity contribution is -0.136.